The van der Waals surface area contributed by atoms with Crippen LogP contribution in [0.15, 0.2) is 53.4 Å². The zero-order valence-electron chi connectivity index (χ0n) is 15.2. The van der Waals surface area contributed by atoms with Gasteiger partial charge < -0.3 is 9.64 Å². The van der Waals surface area contributed by atoms with Crippen molar-refractivity contribution in [1.82, 2.24) is 9.21 Å². The molecule has 1 atom stereocenters. The molecule has 0 unspecified atom stereocenters. The summed E-state index contributed by atoms with van der Waals surface area (Å²) < 4.78 is 32.5. The van der Waals surface area contributed by atoms with Crippen LogP contribution in [0.5, 0.6) is 5.75 Å². The van der Waals surface area contributed by atoms with Crippen molar-refractivity contribution in [2.45, 2.75) is 17.9 Å². The van der Waals surface area contributed by atoms with Crippen molar-refractivity contribution in [3.05, 3.63) is 58.6 Å². The normalized spacial score (nSPS) is 16.6. The van der Waals surface area contributed by atoms with Gasteiger partial charge in [-0.3, -0.25) is 4.79 Å². The molecule has 150 valence electrons. The average molecular weight is 443 g/mol. The zero-order valence-corrected chi connectivity index (χ0v) is 17.5. The molecular formula is C19H20Cl2N2O4S. The summed E-state index contributed by atoms with van der Waals surface area (Å²) in [6, 6.07) is 12.9. The molecule has 1 aliphatic rings. The quantitative estimate of drug-likeness (QED) is 0.712. The number of carbonyl (C=O) groups is 1. The van der Waals surface area contributed by atoms with Gasteiger partial charge in [0.15, 0.2) is 6.10 Å². The number of rotatable bonds is 5. The summed E-state index contributed by atoms with van der Waals surface area (Å²) in [5, 5.41) is 1.00. The maximum absolute atomic E-state index is 12.7. The first kappa shape index (κ1) is 20.9. The lowest BCUT2D eigenvalue weighted by molar-refractivity contribution is -0.139. The van der Waals surface area contributed by atoms with Crippen LogP contribution < -0.4 is 4.74 Å². The highest BCUT2D eigenvalue weighted by atomic mass is 35.5. The Kier molecular flexibility index (Phi) is 6.50. The first-order valence-electron chi connectivity index (χ1n) is 8.74. The van der Waals surface area contributed by atoms with E-state index in [1.165, 1.54) is 16.4 Å². The lowest BCUT2D eigenvalue weighted by Gasteiger charge is -2.35. The van der Waals surface area contributed by atoms with E-state index in [1.54, 1.807) is 48.2 Å². The Balaban J connectivity index is 1.59. The van der Waals surface area contributed by atoms with Gasteiger partial charge in [-0.15, -0.1) is 0 Å². The molecule has 0 radical (unpaired) electrons. The summed E-state index contributed by atoms with van der Waals surface area (Å²) in [7, 11) is -3.61. The Bertz CT molecular complexity index is 943. The number of piperazine rings is 1. The van der Waals surface area contributed by atoms with Crippen LogP contribution in [0.1, 0.15) is 6.92 Å². The number of sulfonamides is 1. The zero-order chi connectivity index (χ0) is 20.3. The van der Waals surface area contributed by atoms with E-state index in [-0.39, 0.29) is 23.9 Å². The van der Waals surface area contributed by atoms with Crippen molar-refractivity contribution in [3.63, 3.8) is 0 Å². The van der Waals surface area contributed by atoms with Crippen LogP contribution in [0.25, 0.3) is 0 Å². The predicted octanol–water partition coefficient (Wildman–Crippen LogP) is 3.29. The highest BCUT2D eigenvalue weighted by molar-refractivity contribution is 7.89. The second-order valence-corrected chi connectivity index (χ2v) is 9.21. The predicted molar refractivity (Wildman–Crippen MR) is 108 cm³/mol. The van der Waals surface area contributed by atoms with E-state index in [2.05, 4.69) is 0 Å². The molecule has 1 aliphatic heterocycles. The highest BCUT2D eigenvalue weighted by Gasteiger charge is 2.32. The summed E-state index contributed by atoms with van der Waals surface area (Å²) in [6.45, 7) is 2.71. The molecule has 0 aliphatic carbocycles. The molecule has 1 fully saturated rings. The fraction of sp³-hybridized carbons (Fsp3) is 0.316. The molecule has 28 heavy (non-hydrogen) atoms. The minimum atomic E-state index is -3.61. The van der Waals surface area contributed by atoms with Gasteiger partial charge in [0.25, 0.3) is 5.91 Å². The molecule has 3 rings (SSSR count). The molecule has 0 aromatic heterocycles. The molecule has 2 aromatic carbocycles. The molecule has 0 spiro atoms. The molecule has 2 aromatic rings. The van der Waals surface area contributed by atoms with Crippen molar-refractivity contribution in [2.75, 3.05) is 26.2 Å². The topological polar surface area (TPSA) is 66.9 Å². The summed E-state index contributed by atoms with van der Waals surface area (Å²) in [5.41, 5.74) is 0. The van der Waals surface area contributed by atoms with Gasteiger partial charge in [-0.05, 0) is 49.4 Å². The lowest BCUT2D eigenvalue weighted by Crippen LogP contribution is -2.53. The summed E-state index contributed by atoms with van der Waals surface area (Å²) in [5.74, 6) is 0.320. The second-order valence-electron chi connectivity index (χ2n) is 6.40. The largest absolute Gasteiger partial charge is 0.481 e. The van der Waals surface area contributed by atoms with Crippen molar-refractivity contribution < 1.29 is 17.9 Å². The molecule has 9 heteroatoms. The van der Waals surface area contributed by atoms with Crippen LogP contribution in [0.3, 0.4) is 0 Å². The SMILES string of the molecule is C[C@@H](Oc1cccc(Cl)c1)C(=O)N1CCN(S(=O)(=O)c2ccc(Cl)cc2)CC1. The fourth-order valence-electron chi connectivity index (χ4n) is 2.96. The molecule has 0 bridgehead atoms. The third kappa shape index (κ3) is 4.78. The molecule has 1 saturated heterocycles. The minimum absolute atomic E-state index is 0.189. The minimum Gasteiger partial charge on any atom is -0.481 e. The maximum atomic E-state index is 12.7. The van der Waals surface area contributed by atoms with E-state index in [4.69, 9.17) is 27.9 Å². The summed E-state index contributed by atoms with van der Waals surface area (Å²) in [4.78, 5) is 14.4. The van der Waals surface area contributed by atoms with E-state index >= 15 is 0 Å². The van der Waals surface area contributed by atoms with Crippen LogP contribution in [0.4, 0.5) is 0 Å². The van der Waals surface area contributed by atoms with Crippen LogP contribution in [0, 0.1) is 0 Å². The van der Waals surface area contributed by atoms with E-state index in [0.717, 1.165) is 0 Å². The molecule has 1 amide bonds. The first-order valence-corrected chi connectivity index (χ1v) is 10.9. The lowest BCUT2D eigenvalue weighted by atomic mass is 10.2. The van der Waals surface area contributed by atoms with E-state index < -0.39 is 16.1 Å². The number of benzene rings is 2. The van der Waals surface area contributed by atoms with Crippen LogP contribution in [-0.4, -0.2) is 55.8 Å². The number of nitrogens with zero attached hydrogens (tertiary/aromatic N) is 2. The number of carbonyl (C=O) groups excluding carboxylic acids is 1. The summed E-state index contributed by atoms with van der Waals surface area (Å²) in [6.07, 6.45) is -0.696. The van der Waals surface area contributed by atoms with E-state index in [9.17, 15) is 13.2 Å². The maximum Gasteiger partial charge on any atom is 0.263 e. The monoisotopic (exact) mass is 442 g/mol. The van der Waals surface area contributed by atoms with Gasteiger partial charge in [-0.1, -0.05) is 29.3 Å². The van der Waals surface area contributed by atoms with Gasteiger partial charge in [0.05, 0.1) is 4.90 Å². The third-order valence-corrected chi connectivity index (χ3v) is 6.86. The number of ether oxygens (including phenoxy) is 1. The van der Waals surface area contributed by atoms with Crippen molar-refractivity contribution in [1.29, 1.82) is 0 Å². The van der Waals surface area contributed by atoms with Gasteiger partial charge in [0.1, 0.15) is 5.75 Å². The van der Waals surface area contributed by atoms with Gasteiger partial charge >= 0.3 is 0 Å². The van der Waals surface area contributed by atoms with Gasteiger partial charge in [0.2, 0.25) is 10.0 Å². The molecule has 0 N–H and O–H groups in total. The number of hydrogen-bond donors (Lipinski definition) is 0. The van der Waals surface area contributed by atoms with Gasteiger partial charge in [0, 0.05) is 36.2 Å². The Morgan fingerprint density at radius 3 is 2.25 bits per heavy atom. The highest BCUT2D eigenvalue weighted by Crippen LogP contribution is 2.21. The Morgan fingerprint density at radius 2 is 1.64 bits per heavy atom. The number of hydrogen-bond acceptors (Lipinski definition) is 4. The number of amides is 1. The average Bonchev–Trinajstić information content (AvgIpc) is 2.68. The molecule has 1 heterocycles. The number of halogens is 2. The van der Waals surface area contributed by atoms with Gasteiger partial charge in [-0.2, -0.15) is 4.31 Å². The van der Waals surface area contributed by atoms with E-state index in [1.807, 2.05) is 0 Å². The second kappa shape index (κ2) is 8.69. The third-order valence-electron chi connectivity index (χ3n) is 4.46. The molecular weight excluding hydrogens is 423 g/mol. The Morgan fingerprint density at radius 1 is 1.00 bits per heavy atom. The molecule has 6 nitrogen and oxygen atoms in total. The standard InChI is InChI=1S/C19H20Cl2N2O4S/c1-14(27-17-4-2-3-16(21)13-17)19(24)22-9-11-23(12-10-22)28(25,26)18-7-5-15(20)6-8-18/h2-8,13-14H,9-12H2,1H3/t14-/m1/s1. The Hall–Kier alpha value is -1.80. The van der Waals surface area contributed by atoms with Gasteiger partial charge in [-0.25, -0.2) is 8.42 Å². The molecule has 0 saturated carbocycles. The van der Waals surface area contributed by atoms with Crippen molar-refractivity contribution in [3.8, 4) is 5.75 Å². The Labute approximate surface area is 174 Å². The van der Waals surface area contributed by atoms with Crippen LogP contribution >= 0.6 is 23.2 Å². The van der Waals surface area contributed by atoms with Crippen LogP contribution in [-0.2, 0) is 14.8 Å². The van der Waals surface area contributed by atoms with Crippen LogP contribution in [0.2, 0.25) is 10.0 Å². The first-order chi connectivity index (χ1) is 13.3. The van der Waals surface area contributed by atoms with E-state index in [0.29, 0.717) is 28.9 Å². The van der Waals surface area contributed by atoms with Crippen molar-refractivity contribution in [2.24, 2.45) is 0 Å². The summed E-state index contributed by atoms with van der Waals surface area (Å²) >= 11 is 11.8. The fourth-order valence-corrected chi connectivity index (χ4v) is 4.68. The smallest absolute Gasteiger partial charge is 0.263 e. The van der Waals surface area contributed by atoms with Crippen molar-refractivity contribution >= 4 is 39.1 Å².